The molecule has 33 heavy (non-hydrogen) atoms. The van der Waals surface area contributed by atoms with Crippen LogP contribution in [0.3, 0.4) is 0 Å². The second-order valence-electron chi connectivity index (χ2n) is 8.54. The minimum atomic E-state index is -0.158. The summed E-state index contributed by atoms with van der Waals surface area (Å²) in [4.78, 5) is 33.7. The smallest absolute Gasteiger partial charge is 0.270 e. The number of benzene rings is 2. The largest absolute Gasteiger partial charge is 0.349 e. The van der Waals surface area contributed by atoms with Crippen molar-refractivity contribution in [3.63, 3.8) is 0 Å². The summed E-state index contributed by atoms with van der Waals surface area (Å²) in [7, 11) is 1.85. The Hall–Kier alpha value is -3.45. The molecule has 2 heterocycles. The van der Waals surface area contributed by atoms with Gasteiger partial charge >= 0.3 is 0 Å². The number of aryl methyl sites for hydroxylation is 1. The van der Waals surface area contributed by atoms with Crippen molar-refractivity contribution >= 4 is 28.1 Å². The first-order valence-corrected chi connectivity index (χ1v) is 12.0. The molecule has 1 saturated carbocycles. The monoisotopic (exact) mass is 458 g/mol. The van der Waals surface area contributed by atoms with Crippen molar-refractivity contribution in [3.05, 3.63) is 83.1 Å². The summed E-state index contributed by atoms with van der Waals surface area (Å²) < 4.78 is 1.83. The highest BCUT2D eigenvalue weighted by atomic mass is 32.1. The second kappa shape index (κ2) is 8.83. The van der Waals surface area contributed by atoms with Crippen LogP contribution >= 0.6 is 11.3 Å². The maximum absolute atomic E-state index is 13.6. The van der Waals surface area contributed by atoms with Gasteiger partial charge in [-0.3, -0.25) is 14.0 Å². The molecule has 0 radical (unpaired) electrons. The number of nitrogens with one attached hydrogen (secondary N) is 1. The molecule has 2 aromatic heterocycles. The minimum absolute atomic E-state index is 0.0265. The van der Waals surface area contributed by atoms with Crippen LogP contribution in [-0.4, -0.2) is 45.7 Å². The Morgan fingerprint density at radius 3 is 2.64 bits per heavy atom. The third-order valence-electron chi connectivity index (χ3n) is 6.35. The number of hydrogen-bond donors (Lipinski definition) is 1. The van der Waals surface area contributed by atoms with Gasteiger partial charge in [-0.05, 0) is 42.9 Å². The van der Waals surface area contributed by atoms with E-state index in [1.807, 2.05) is 89.4 Å². The first-order chi connectivity index (χ1) is 16.0. The van der Waals surface area contributed by atoms with Gasteiger partial charge in [0.2, 0.25) is 0 Å². The van der Waals surface area contributed by atoms with E-state index in [1.54, 1.807) is 0 Å². The Bertz CT molecular complexity index is 1310. The summed E-state index contributed by atoms with van der Waals surface area (Å²) in [5.74, 6) is 0.215. The summed E-state index contributed by atoms with van der Waals surface area (Å²) in [6.45, 7) is 2.26. The van der Waals surface area contributed by atoms with Crippen LogP contribution < -0.4 is 5.32 Å². The Labute approximate surface area is 196 Å². The maximum Gasteiger partial charge on any atom is 0.270 e. The quantitative estimate of drug-likeness (QED) is 0.438. The second-order valence-corrected chi connectivity index (χ2v) is 9.42. The van der Waals surface area contributed by atoms with Crippen molar-refractivity contribution in [2.24, 2.45) is 5.92 Å². The van der Waals surface area contributed by atoms with Crippen molar-refractivity contribution < 1.29 is 9.59 Å². The summed E-state index contributed by atoms with van der Waals surface area (Å²) in [6.07, 6.45) is 4.00. The van der Waals surface area contributed by atoms with E-state index >= 15 is 0 Å². The summed E-state index contributed by atoms with van der Waals surface area (Å²) in [5.41, 5.74) is 3.88. The van der Waals surface area contributed by atoms with Crippen LogP contribution in [0.2, 0.25) is 0 Å². The van der Waals surface area contributed by atoms with Gasteiger partial charge < -0.3 is 10.2 Å². The Balaban J connectivity index is 1.35. The molecule has 1 aliphatic rings. The number of thiazole rings is 1. The third-order valence-corrected chi connectivity index (χ3v) is 7.11. The number of hydrogen-bond acceptors (Lipinski definition) is 4. The fraction of sp³-hybridized carbons (Fsp3) is 0.269. The predicted octanol–water partition coefficient (Wildman–Crippen LogP) is 4.65. The number of amides is 2. The van der Waals surface area contributed by atoms with E-state index in [-0.39, 0.29) is 17.9 Å². The predicted molar refractivity (Wildman–Crippen MR) is 131 cm³/mol. The van der Waals surface area contributed by atoms with Gasteiger partial charge in [0.05, 0.1) is 11.7 Å². The maximum atomic E-state index is 13.6. The molecule has 2 amide bonds. The molecular formula is C26H26N4O2S. The van der Waals surface area contributed by atoms with Crippen LogP contribution in [-0.2, 0) is 0 Å². The molecule has 2 aromatic carbocycles. The SMILES string of the molecule is Cc1nc2sccn2c1C(=O)NCC(C1CC1)N(C)C(=O)c1ccccc1-c1ccccc1. The van der Waals surface area contributed by atoms with E-state index in [1.165, 1.54) is 11.3 Å². The summed E-state index contributed by atoms with van der Waals surface area (Å²) >= 11 is 1.50. The van der Waals surface area contributed by atoms with E-state index in [0.29, 0.717) is 29.4 Å². The normalized spacial score (nSPS) is 14.2. The van der Waals surface area contributed by atoms with Crippen molar-refractivity contribution in [2.75, 3.05) is 13.6 Å². The van der Waals surface area contributed by atoms with Gasteiger partial charge in [-0.15, -0.1) is 11.3 Å². The number of aromatic nitrogens is 2. The first kappa shape index (κ1) is 21.4. The molecule has 7 heteroatoms. The third kappa shape index (κ3) is 4.16. The van der Waals surface area contributed by atoms with Gasteiger partial charge in [-0.2, -0.15) is 0 Å². The molecule has 1 unspecified atom stereocenters. The lowest BCUT2D eigenvalue weighted by Crippen LogP contribution is -2.46. The average molecular weight is 459 g/mol. The molecule has 1 aliphatic carbocycles. The van der Waals surface area contributed by atoms with E-state index in [2.05, 4.69) is 10.3 Å². The van der Waals surface area contributed by atoms with Gasteiger partial charge in [-0.25, -0.2) is 4.98 Å². The van der Waals surface area contributed by atoms with Gasteiger partial charge in [0.1, 0.15) is 5.69 Å². The zero-order chi connectivity index (χ0) is 22.9. The first-order valence-electron chi connectivity index (χ1n) is 11.2. The van der Waals surface area contributed by atoms with Gasteiger partial charge in [0.15, 0.2) is 4.96 Å². The Morgan fingerprint density at radius 1 is 1.15 bits per heavy atom. The highest BCUT2D eigenvalue weighted by Crippen LogP contribution is 2.36. The fourth-order valence-corrected chi connectivity index (χ4v) is 5.19. The van der Waals surface area contributed by atoms with Gasteiger partial charge in [0, 0.05) is 30.7 Å². The zero-order valence-corrected chi connectivity index (χ0v) is 19.5. The number of fused-ring (bicyclic) bond motifs is 1. The molecule has 0 aliphatic heterocycles. The van der Waals surface area contributed by atoms with Crippen molar-refractivity contribution in [1.29, 1.82) is 0 Å². The molecule has 168 valence electrons. The van der Waals surface area contributed by atoms with E-state index in [9.17, 15) is 9.59 Å². The zero-order valence-electron chi connectivity index (χ0n) is 18.7. The van der Waals surface area contributed by atoms with Crippen molar-refractivity contribution in [3.8, 4) is 11.1 Å². The van der Waals surface area contributed by atoms with E-state index in [4.69, 9.17) is 0 Å². The molecule has 1 atom stereocenters. The van der Waals surface area contributed by atoms with Crippen LogP contribution in [0.5, 0.6) is 0 Å². The molecule has 4 aromatic rings. The van der Waals surface area contributed by atoms with Gasteiger partial charge in [0.25, 0.3) is 11.8 Å². The van der Waals surface area contributed by atoms with Crippen LogP contribution in [0.1, 0.15) is 39.4 Å². The van der Waals surface area contributed by atoms with Crippen LogP contribution in [0.4, 0.5) is 0 Å². The summed E-state index contributed by atoms with van der Waals surface area (Å²) in [5, 5.41) is 4.99. The highest BCUT2D eigenvalue weighted by Gasteiger charge is 2.37. The lowest BCUT2D eigenvalue weighted by Gasteiger charge is -2.29. The van der Waals surface area contributed by atoms with Crippen molar-refractivity contribution in [2.45, 2.75) is 25.8 Å². The topological polar surface area (TPSA) is 66.7 Å². The standard InChI is InChI=1S/C26H26N4O2S/c1-17-23(30-14-15-33-26(30)28-17)24(31)27-16-22(19-12-13-19)29(2)25(32)21-11-7-6-10-20(21)18-8-4-3-5-9-18/h3-11,14-15,19,22H,12-13,16H2,1-2H3,(H,27,31). The number of carbonyl (C=O) groups excluding carboxylic acids is 2. The molecular weight excluding hydrogens is 432 g/mol. The lowest BCUT2D eigenvalue weighted by molar-refractivity contribution is 0.0699. The molecule has 0 saturated heterocycles. The number of imidazole rings is 1. The summed E-state index contributed by atoms with van der Waals surface area (Å²) in [6, 6.07) is 17.6. The minimum Gasteiger partial charge on any atom is -0.349 e. The molecule has 0 bridgehead atoms. The lowest BCUT2D eigenvalue weighted by atomic mass is 9.98. The van der Waals surface area contributed by atoms with E-state index in [0.717, 1.165) is 28.9 Å². The molecule has 6 nitrogen and oxygen atoms in total. The molecule has 0 spiro atoms. The number of rotatable bonds is 7. The number of nitrogens with zero attached hydrogens (tertiary/aromatic N) is 3. The highest BCUT2D eigenvalue weighted by molar-refractivity contribution is 7.15. The van der Waals surface area contributed by atoms with Crippen LogP contribution in [0.25, 0.3) is 16.1 Å². The number of likely N-dealkylation sites (N-methyl/N-ethyl adjacent to an activating group) is 1. The molecule has 1 N–H and O–H groups in total. The number of carbonyl (C=O) groups is 2. The Kier molecular flexibility index (Phi) is 5.72. The molecule has 1 fully saturated rings. The fourth-order valence-electron chi connectivity index (χ4n) is 4.43. The van der Waals surface area contributed by atoms with Crippen molar-refractivity contribution in [1.82, 2.24) is 19.6 Å². The van der Waals surface area contributed by atoms with Crippen LogP contribution in [0, 0.1) is 12.8 Å². The average Bonchev–Trinajstić information content (AvgIpc) is 3.49. The van der Waals surface area contributed by atoms with E-state index < -0.39 is 0 Å². The van der Waals surface area contributed by atoms with Crippen LogP contribution in [0.15, 0.2) is 66.2 Å². The van der Waals surface area contributed by atoms with Gasteiger partial charge in [-0.1, -0.05) is 48.5 Å². The Morgan fingerprint density at radius 2 is 1.88 bits per heavy atom. The molecule has 5 rings (SSSR count).